The van der Waals surface area contributed by atoms with Crippen LogP contribution < -0.4 is 64.2 Å². The number of anilines is 1. The number of carboxylic acid groups (broad SMARTS) is 1. The molecular weight excluding hydrogens is 599 g/mol. The number of nitrogens with two attached hydrogens (primary N) is 4. The quantitative estimate of drug-likeness (QED) is 0.0524. The summed E-state index contributed by atoms with van der Waals surface area (Å²) in [4.78, 5) is 23.8. The first kappa shape index (κ1) is 26.9. The van der Waals surface area contributed by atoms with E-state index in [1.165, 1.54) is 13.2 Å². The molecule has 3 aromatic rings. The monoisotopic (exact) mass is 627 g/mol. The van der Waals surface area contributed by atoms with Gasteiger partial charge in [0.15, 0.2) is 0 Å². The van der Waals surface area contributed by atoms with Gasteiger partial charge >= 0.3 is 223 Å². The number of nitrogen functional groups attached to an aromatic ring is 1. The van der Waals surface area contributed by atoms with E-state index >= 15 is 0 Å². The van der Waals surface area contributed by atoms with Gasteiger partial charge in [0, 0.05) is 0 Å². The van der Waals surface area contributed by atoms with Crippen LogP contribution in [0.5, 0.6) is 17.2 Å². The van der Waals surface area contributed by atoms with Crippen LogP contribution >= 0.6 is 0 Å². The molecule has 1 aliphatic carbocycles. The van der Waals surface area contributed by atoms with Crippen molar-refractivity contribution in [2.45, 2.75) is 24.7 Å². The van der Waals surface area contributed by atoms with E-state index in [-0.39, 0.29) is 45.8 Å². The molecule has 0 saturated heterocycles. The number of carboxylic acids is 1. The van der Waals surface area contributed by atoms with Gasteiger partial charge in [0.1, 0.15) is 0 Å². The van der Waals surface area contributed by atoms with Gasteiger partial charge in [-0.3, -0.25) is 0 Å². The standard InChI is InChI=1S/C24H28IN4O8/c1-33-20-9-18(35-11-25-37-13-5-12(6-13)23(31)32)15(7-21(20)34-10-24(27,28)29)19-8-17(30)14-3-2-4-16(26)22(14)36-19/h2-4,7-9,12-13H,5-6,10-11,26-29H2,1H3,(H,31,32)/q-1. The van der Waals surface area contributed by atoms with Gasteiger partial charge in [0.2, 0.25) is 0 Å². The molecule has 1 aromatic heterocycles. The first-order valence-electron chi connectivity index (χ1n) is 11.2. The molecule has 37 heavy (non-hydrogen) atoms. The summed E-state index contributed by atoms with van der Waals surface area (Å²) in [5.74, 6) is -1.64. The number of rotatable bonds is 11. The van der Waals surface area contributed by atoms with Crippen molar-refractivity contribution >= 4 is 22.6 Å². The zero-order chi connectivity index (χ0) is 26.7. The molecule has 1 aliphatic rings. The van der Waals surface area contributed by atoms with Gasteiger partial charge in [-0.05, 0) is 0 Å². The zero-order valence-corrected chi connectivity index (χ0v) is 22.1. The normalized spacial score (nSPS) is 17.4. The van der Waals surface area contributed by atoms with Crippen LogP contribution in [0.3, 0.4) is 0 Å². The summed E-state index contributed by atoms with van der Waals surface area (Å²) in [6.07, 6.45) is 0.913. The number of alkyl halides is 1. The molecule has 2 aromatic carbocycles. The van der Waals surface area contributed by atoms with Crippen LogP contribution in [-0.2, 0) is 7.86 Å². The van der Waals surface area contributed by atoms with Gasteiger partial charge in [-0.1, -0.05) is 0 Å². The van der Waals surface area contributed by atoms with Crippen molar-refractivity contribution in [3.05, 3.63) is 46.6 Å². The Balaban J connectivity index is 1.63. The molecule has 0 amide bonds. The van der Waals surface area contributed by atoms with Crippen LogP contribution in [0, 0.1) is 5.92 Å². The van der Waals surface area contributed by atoms with Crippen LogP contribution in [0.15, 0.2) is 45.6 Å². The molecule has 13 heteroatoms. The van der Waals surface area contributed by atoms with Crippen LogP contribution in [0.25, 0.3) is 22.3 Å². The molecule has 0 radical (unpaired) electrons. The second-order valence-corrected chi connectivity index (χ2v) is 10.4. The molecular formula is C24H28IN4O8-. The number of halogens is 1. The van der Waals surface area contributed by atoms with E-state index in [0.29, 0.717) is 41.0 Å². The van der Waals surface area contributed by atoms with Crippen LogP contribution in [0.2, 0.25) is 0 Å². The van der Waals surface area contributed by atoms with Crippen molar-refractivity contribution in [3.63, 3.8) is 0 Å². The van der Waals surface area contributed by atoms with Crippen LogP contribution in [-0.4, -0.2) is 41.3 Å². The van der Waals surface area contributed by atoms with Gasteiger partial charge in [0.25, 0.3) is 0 Å². The first-order valence-corrected chi connectivity index (χ1v) is 13.6. The number of ether oxygens (including phenoxy) is 3. The summed E-state index contributed by atoms with van der Waals surface area (Å²) in [6.45, 7) is -0.227. The molecule has 200 valence electrons. The van der Waals surface area contributed by atoms with Gasteiger partial charge in [-0.25, -0.2) is 0 Å². The topological polar surface area (TPSA) is 209 Å². The minimum absolute atomic E-state index is 0.0761. The van der Waals surface area contributed by atoms with E-state index in [0.717, 1.165) is 0 Å². The Hall–Kier alpha value is -3.11. The fourth-order valence-electron chi connectivity index (χ4n) is 3.70. The van der Waals surface area contributed by atoms with E-state index in [9.17, 15) is 9.59 Å². The van der Waals surface area contributed by atoms with Crippen molar-refractivity contribution < 1.29 is 53.2 Å². The number of fused-ring (bicyclic) bond motifs is 1. The molecule has 0 bridgehead atoms. The third kappa shape index (κ3) is 6.42. The Kier molecular flexibility index (Phi) is 8.08. The Morgan fingerprint density at radius 1 is 1.14 bits per heavy atom. The molecule has 0 atom stereocenters. The number of carbonyl (C=O) groups is 1. The van der Waals surface area contributed by atoms with E-state index < -0.39 is 33.4 Å². The fraction of sp³-hybridized carbons (Fsp3) is 0.333. The number of hydrogen-bond acceptors (Lipinski definition) is 11. The summed E-state index contributed by atoms with van der Waals surface area (Å²) in [7, 11) is 1.45. The number of methoxy groups -OCH3 is 1. The van der Waals surface area contributed by atoms with Crippen molar-refractivity contribution in [1.82, 2.24) is 0 Å². The van der Waals surface area contributed by atoms with E-state index in [2.05, 4.69) is 0 Å². The molecule has 0 aliphatic heterocycles. The van der Waals surface area contributed by atoms with Crippen molar-refractivity contribution in [1.29, 1.82) is 0 Å². The van der Waals surface area contributed by atoms with E-state index in [1.54, 1.807) is 30.3 Å². The van der Waals surface area contributed by atoms with Crippen LogP contribution in [0.1, 0.15) is 12.8 Å². The number of hydrogen-bond donors (Lipinski definition) is 5. The summed E-state index contributed by atoms with van der Waals surface area (Å²) in [5, 5.41) is 9.36. The van der Waals surface area contributed by atoms with E-state index in [4.69, 9.17) is 49.7 Å². The average molecular weight is 627 g/mol. The molecule has 12 nitrogen and oxygen atoms in total. The van der Waals surface area contributed by atoms with Crippen molar-refractivity contribution in [2.75, 3.05) is 24.1 Å². The van der Waals surface area contributed by atoms with Gasteiger partial charge in [-0.2, -0.15) is 0 Å². The molecule has 1 heterocycles. The second kappa shape index (κ2) is 11.1. The summed E-state index contributed by atoms with van der Waals surface area (Å²) in [5.41, 5.74) is 23.7. The predicted molar refractivity (Wildman–Crippen MR) is 130 cm³/mol. The maximum absolute atomic E-state index is 12.8. The molecule has 0 spiro atoms. The summed E-state index contributed by atoms with van der Waals surface area (Å²) in [6, 6.07) is 9.43. The molecule has 1 fully saturated rings. The minimum atomic E-state index is -1.59. The van der Waals surface area contributed by atoms with Crippen molar-refractivity contribution in [2.24, 2.45) is 23.1 Å². The average Bonchev–Trinajstić information content (AvgIpc) is 2.81. The predicted octanol–water partition coefficient (Wildman–Crippen LogP) is -1.82. The zero-order valence-electron chi connectivity index (χ0n) is 19.9. The Morgan fingerprint density at radius 3 is 2.57 bits per heavy atom. The molecule has 1 saturated carbocycles. The third-order valence-corrected chi connectivity index (χ3v) is 7.33. The van der Waals surface area contributed by atoms with Gasteiger partial charge in [-0.15, -0.1) is 0 Å². The summed E-state index contributed by atoms with van der Waals surface area (Å²) < 4.78 is 29.2. The third-order valence-electron chi connectivity index (χ3n) is 5.68. The first-order chi connectivity index (χ1) is 17.6. The maximum atomic E-state index is 12.8. The number of para-hydroxylation sites is 1. The second-order valence-electron chi connectivity index (χ2n) is 8.68. The molecule has 9 N–H and O–H groups in total. The molecule has 4 rings (SSSR count). The van der Waals surface area contributed by atoms with Crippen molar-refractivity contribution in [3.8, 4) is 28.6 Å². The number of benzene rings is 2. The van der Waals surface area contributed by atoms with Gasteiger partial charge < -0.3 is 0 Å². The summed E-state index contributed by atoms with van der Waals surface area (Å²) >= 11 is -0.853. The number of aliphatic carboxylic acids is 1. The van der Waals surface area contributed by atoms with Gasteiger partial charge in [0.05, 0.1) is 0 Å². The van der Waals surface area contributed by atoms with E-state index in [1.807, 2.05) is 0 Å². The Labute approximate surface area is 222 Å². The fourth-order valence-corrected chi connectivity index (χ4v) is 5.23. The SMILES string of the molecule is COc1cc(OC[I-]OC2CC(C(=O)O)C2)c(-c2cc(=O)c3cccc(N)c3o2)cc1OCC(N)(N)N. The Bertz CT molecular complexity index is 1350. The Morgan fingerprint density at radius 2 is 1.89 bits per heavy atom. The van der Waals surface area contributed by atoms with Crippen LogP contribution in [0.4, 0.5) is 5.69 Å². The molecule has 0 unspecified atom stereocenters.